The summed E-state index contributed by atoms with van der Waals surface area (Å²) in [5.74, 6) is 0.261. The molecular weight excluding hydrogens is 344 g/mol. The summed E-state index contributed by atoms with van der Waals surface area (Å²) in [5.41, 5.74) is 6.36. The van der Waals surface area contributed by atoms with Crippen LogP contribution in [0.1, 0.15) is 85.3 Å². The average Bonchev–Trinajstić information content (AvgIpc) is 2.54. The smallest absolute Gasteiger partial charge is 0.185 e. The molecule has 0 aliphatic rings. The average molecular weight is 379 g/mol. The Bertz CT molecular complexity index is 919. The lowest BCUT2D eigenvalue weighted by Crippen LogP contribution is -2.19. The molecule has 150 valence electrons. The van der Waals surface area contributed by atoms with Crippen LogP contribution >= 0.6 is 0 Å². The van der Waals surface area contributed by atoms with Crippen molar-refractivity contribution in [1.82, 2.24) is 0 Å². The van der Waals surface area contributed by atoms with Crippen LogP contribution in [0, 0.1) is 13.8 Å². The summed E-state index contributed by atoms with van der Waals surface area (Å²) in [6.45, 7) is 20.5. The number of phenols is 1. The zero-order valence-electron chi connectivity index (χ0n) is 18.7. The van der Waals surface area contributed by atoms with Gasteiger partial charge in [0.05, 0.1) is 0 Å². The molecule has 0 aromatic heterocycles. The number of aromatic hydroxyl groups is 1. The predicted octanol–water partition coefficient (Wildman–Crippen LogP) is 6.56. The van der Waals surface area contributed by atoms with Crippen molar-refractivity contribution >= 4 is 5.78 Å². The summed E-state index contributed by atoms with van der Waals surface area (Å²) < 4.78 is 0. The van der Waals surface area contributed by atoms with Gasteiger partial charge >= 0.3 is 0 Å². The van der Waals surface area contributed by atoms with E-state index in [9.17, 15) is 9.90 Å². The third-order valence-electron chi connectivity index (χ3n) is 5.13. The van der Waals surface area contributed by atoms with Gasteiger partial charge in [-0.15, -0.1) is 0 Å². The highest BCUT2D eigenvalue weighted by Crippen LogP contribution is 2.37. The molecule has 0 saturated carbocycles. The second-order valence-corrected chi connectivity index (χ2v) is 9.91. The zero-order valence-corrected chi connectivity index (χ0v) is 18.7. The van der Waals surface area contributed by atoms with Gasteiger partial charge in [0.15, 0.2) is 5.78 Å². The molecule has 2 heteroatoms. The Kier molecular flexibility index (Phi) is 5.94. The minimum Gasteiger partial charge on any atom is -0.507 e. The van der Waals surface area contributed by atoms with Gasteiger partial charge in [-0.05, 0) is 53.0 Å². The molecule has 0 spiro atoms. The zero-order chi connectivity index (χ0) is 21.4. The molecule has 1 N–H and O–H groups in total. The van der Waals surface area contributed by atoms with Gasteiger partial charge in [-0.3, -0.25) is 4.79 Å². The van der Waals surface area contributed by atoms with Gasteiger partial charge in [-0.2, -0.15) is 0 Å². The van der Waals surface area contributed by atoms with Crippen LogP contribution in [0.25, 0.3) is 0 Å². The Hall–Kier alpha value is -2.35. The molecular formula is C26H34O2. The van der Waals surface area contributed by atoms with E-state index in [0.717, 1.165) is 33.4 Å². The normalized spacial score (nSPS) is 12.1. The third-order valence-corrected chi connectivity index (χ3v) is 5.13. The Morgan fingerprint density at radius 2 is 1.36 bits per heavy atom. The van der Waals surface area contributed by atoms with E-state index in [1.165, 1.54) is 6.08 Å². The number of hydrogen-bond acceptors (Lipinski definition) is 2. The Balaban J connectivity index is 2.74. The second kappa shape index (κ2) is 7.58. The van der Waals surface area contributed by atoms with Gasteiger partial charge in [0.25, 0.3) is 0 Å². The summed E-state index contributed by atoms with van der Waals surface area (Å²) in [7, 11) is 0. The van der Waals surface area contributed by atoms with Crippen LogP contribution in [0.4, 0.5) is 0 Å². The highest BCUT2D eigenvalue weighted by atomic mass is 16.3. The molecule has 0 saturated heterocycles. The molecule has 0 amide bonds. The van der Waals surface area contributed by atoms with Crippen LogP contribution in [0.5, 0.6) is 5.75 Å². The van der Waals surface area contributed by atoms with E-state index in [2.05, 4.69) is 67.2 Å². The number of phenolic OH excluding ortho intramolecular Hbond substituents is 1. The van der Waals surface area contributed by atoms with Gasteiger partial charge in [0.1, 0.15) is 5.75 Å². The summed E-state index contributed by atoms with van der Waals surface area (Å²) in [5, 5.41) is 11.0. The maximum absolute atomic E-state index is 12.8. The molecule has 2 aromatic rings. The molecule has 0 aliphatic heterocycles. The van der Waals surface area contributed by atoms with Gasteiger partial charge in [-0.25, -0.2) is 0 Å². The quantitative estimate of drug-likeness (QED) is 0.483. The molecule has 0 bridgehead atoms. The Labute approximate surface area is 170 Å². The molecule has 0 radical (unpaired) electrons. The van der Waals surface area contributed by atoms with E-state index < -0.39 is 0 Å². The van der Waals surface area contributed by atoms with Crippen molar-refractivity contribution in [2.75, 3.05) is 0 Å². The van der Waals surface area contributed by atoms with Crippen LogP contribution in [0.2, 0.25) is 0 Å². The highest BCUT2D eigenvalue weighted by molar-refractivity contribution is 6.06. The van der Waals surface area contributed by atoms with Gasteiger partial charge in [-0.1, -0.05) is 83.5 Å². The van der Waals surface area contributed by atoms with Crippen molar-refractivity contribution in [3.05, 3.63) is 75.9 Å². The number of ketones is 1. The minimum atomic E-state index is -0.167. The topological polar surface area (TPSA) is 37.3 Å². The fourth-order valence-electron chi connectivity index (χ4n) is 3.75. The SMILES string of the molecule is C=CC(=O)c1c(Cc2cc(C)cc(C(C)(C)C)c2O)cc(C)cc1C(C)(C)C. The first-order valence-electron chi connectivity index (χ1n) is 9.89. The van der Waals surface area contributed by atoms with Crippen LogP contribution in [0.3, 0.4) is 0 Å². The number of carbonyl (C=O) groups excluding carboxylic acids is 1. The third kappa shape index (κ3) is 4.55. The molecule has 2 rings (SSSR count). The standard InChI is InChI=1S/C26H34O2/c1-10-22(27)23-18(11-16(2)13-20(23)25(4,5)6)15-19-12-17(3)14-21(24(19)28)26(7,8)9/h10-14,28H,1,15H2,2-9H3. The molecule has 0 fully saturated rings. The molecule has 0 heterocycles. The van der Waals surface area contributed by atoms with Crippen molar-refractivity contribution in [2.24, 2.45) is 0 Å². The first kappa shape index (κ1) is 21.9. The van der Waals surface area contributed by atoms with Crippen molar-refractivity contribution < 1.29 is 9.90 Å². The maximum atomic E-state index is 12.8. The van der Waals surface area contributed by atoms with E-state index in [4.69, 9.17) is 0 Å². The Morgan fingerprint density at radius 3 is 1.82 bits per heavy atom. The number of allylic oxidation sites excluding steroid dienone is 1. The lowest BCUT2D eigenvalue weighted by atomic mass is 9.78. The molecule has 2 nitrogen and oxygen atoms in total. The van der Waals surface area contributed by atoms with Crippen LogP contribution in [-0.2, 0) is 17.3 Å². The predicted molar refractivity (Wildman–Crippen MR) is 119 cm³/mol. The Morgan fingerprint density at radius 1 is 0.893 bits per heavy atom. The van der Waals surface area contributed by atoms with Gasteiger partial charge in [0.2, 0.25) is 0 Å². The largest absolute Gasteiger partial charge is 0.507 e. The van der Waals surface area contributed by atoms with Gasteiger partial charge in [0, 0.05) is 12.0 Å². The molecule has 0 aliphatic carbocycles. The summed E-state index contributed by atoms with van der Waals surface area (Å²) >= 11 is 0. The van der Waals surface area contributed by atoms with Crippen molar-refractivity contribution in [3.63, 3.8) is 0 Å². The van der Waals surface area contributed by atoms with Crippen LogP contribution in [-0.4, -0.2) is 10.9 Å². The van der Waals surface area contributed by atoms with Crippen molar-refractivity contribution in [3.8, 4) is 5.75 Å². The molecule has 0 atom stereocenters. The van der Waals surface area contributed by atoms with Crippen molar-refractivity contribution in [1.29, 1.82) is 0 Å². The highest BCUT2D eigenvalue weighted by Gasteiger charge is 2.26. The van der Waals surface area contributed by atoms with E-state index in [1.54, 1.807) is 0 Å². The summed E-state index contributed by atoms with van der Waals surface area (Å²) in [6.07, 6.45) is 1.90. The number of carbonyl (C=O) groups is 1. The van der Waals surface area contributed by atoms with E-state index in [1.807, 2.05) is 19.1 Å². The molecule has 2 aromatic carbocycles. The molecule has 28 heavy (non-hydrogen) atoms. The first-order chi connectivity index (χ1) is 12.8. The van der Waals surface area contributed by atoms with E-state index in [0.29, 0.717) is 17.7 Å². The molecule has 0 unspecified atom stereocenters. The number of aryl methyl sites for hydroxylation is 2. The fraction of sp³-hybridized carbons (Fsp3) is 0.423. The number of rotatable bonds is 4. The van der Waals surface area contributed by atoms with Crippen molar-refractivity contribution in [2.45, 2.75) is 72.6 Å². The monoisotopic (exact) mass is 378 g/mol. The fourth-order valence-corrected chi connectivity index (χ4v) is 3.75. The first-order valence-corrected chi connectivity index (χ1v) is 9.89. The van der Waals surface area contributed by atoms with E-state index >= 15 is 0 Å². The lowest BCUT2D eigenvalue weighted by molar-refractivity contribution is 0.104. The number of hydrogen-bond donors (Lipinski definition) is 1. The van der Waals surface area contributed by atoms with Crippen LogP contribution < -0.4 is 0 Å². The lowest BCUT2D eigenvalue weighted by Gasteiger charge is -2.26. The maximum Gasteiger partial charge on any atom is 0.185 e. The second-order valence-electron chi connectivity index (χ2n) is 9.91. The summed E-state index contributed by atoms with van der Waals surface area (Å²) in [4.78, 5) is 12.8. The minimum absolute atomic E-state index is 0.0666. The van der Waals surface area contributed by atoms with E-state index in [-0.39, 0.29) is 16.6 Å². The summed E-state index contributed by atoms with van der Waals surface area (Å²) in [6, 6.07) is 8.22. The van der Waals surface area contributed by atoms with Gasteiger partial charge < -0.3 is 5.11 Å². The number of benzene rings is 2. The van der Waals surface area contributed by atoms with Crippen LogP contribution in [0.15, 0.2) is 36.9 Å².